The van der Waals surface area contributed by atoms with Crippen molar-refractivity contribution >= 4 is 11.5 Å². The third-order valence-corrected chi connectivity index (χ3v) is 4.26. The van der Waals surface area contributed by atoms with E-state index >= 15 is 0 Å². The molecule has 26 heavy (non-hydrogen) atoms. The van der Waals surface area contributed by atoms with Crippen molar-refractivity contribution < 1.29 is 19.7 Å². The van der Waals surface area contributed by atoms with Gasteiger partial charge >= 0.3 is 12.1 Å². The van der Waals surface area contributed by atoms with Crippen LogP contribution in [0.25, 0.3) is 5.57 Å². The number of hydrogen-bond donors (Lipinski definition) is 1. The fourth-order valence-electron chi connectivity index (χ4n) is 2.99. The maximum absolute atomic E-state index is 11.9. The van der Waals surface area contributed by atoms with Crippen LogP contribution in [0.15, 0.2) is 35.9 Å². The van der Waals surface area contributed by atoms with Crippen LogP contribution in [-0.2, 0) is 4.79 Å². The summed E-state index contributed by atoms with van der Waals surface area (Å²) < 4.78 is 0. The quantitative estimate of drug-likeness (QED) is 0.208. The fourth-order valence-corrected chi connectivity index (χ4v) is 2.99. The van der Waals surface area contributed by atoms with E-state index in [0.29, 0.717) is 6.42 Å². The maximum atomic E-state index is 11.9. The van der Waals surface area contributed by atoms with Gasteiger partial charge in [-0.2, -0.15) is 0 Å². The van der Waals surface area contributed by atoms with Gasteiger partial charge in [0.2, 0.25) is 0 Å². The summed E-state index contributed by atoms with van der Waals surface area (Å²) in [5.74, 6) is -2.00. The van der Waals surface area contributed by atoms with Crippen molar-refractivity contribution in [1.82, 2.24) is 0 Å². The zero-order valence-electron chi connectivity index (χ0n) is 15.0. The molecule has 0 amide bonds. The van der Waals surface area contributed by atoms with Crippen molar-refractivity contribution in [2.24, 2.45) is 5.92 Å². The summed E-state index contributed by atoms with van der Waals surface area (Å²) in [5.41, 5.74) is -0.383. The average Bonchev–Trinajstić information content (AvgIpc) is 2.58. The van der Waals surface area contributed by atoms with Crippen molar-refractivity contribution in [1.29, 1.82) is 0 Å². The molecule has 8 heteroatoms. The lowest BCUT2D eigenvalue weighted by atomic mass is 9.86. The number of carboxylic acids is 1. The molecule has 8 nitrogen and oxygen atoms in total. The van der Waals surface area contributed by atoms with Crippen molar-refractivity contribution in [3.8, 4) is 0 Å². The molecule has 1 atom stereocenters. The van der Waals surface area contributed by atoms with E-state index in [1.54, 1.807) is 25.1 Å². The van der Waals surface area contributed by atoms with E-state index in [1.165, 1.54) is 12.1 Å². The standard InChI is InChI=1S/C18H24N2O6/c1-3-4-5-7-10-13(2)15(17(19(23)24)20(25)26)16(18(21)22)14-11-8-6-9-12-14/h6,8-9,11-13,17H,3-5,7,10H2,1-2H3,(H,21,22)/b16-15-. The van der Waals surface area contributed by atoms with E-state index in [-0.39, 0.29) is 16.7 Å². The van der Waals surface area contributed by atoms with Gasteiger partial charge in [-0.25, -0.2) is 4.79 Å². The predicted octanol–water partition coefficient (Wildman–Crippen LogP) is 4.01. The molecule has 0 saturated heterocycles. The summed E-state index contributed by atoms with van der Waals surface area (Å²) in [4.78, 5) is 32.5. The number of nitrogens with zero attached hydrogens (tertiary/aromatic N) is 2. The molecule has 0 fully saturated rings. The van der Waals surface area contributed by atoms with Crippen LogP contribution in [-0.4, -0.2) is 27.1 Å². The molecule has 0 aliphatic carbocycles. The third-order valence-electron chi connectivity index (χ3n) is 4.26. The van der Waals surface area contributed by atoms with E-state index in [9.17, 15) is 30.1 Å². The van der Waals surface area contributed by atoms with E-state index in [0.717, 1.165) is 25.7 Å². The third kappa shape index (κ3) is 5.65. The number of carboxylic acid groups (broad SMARTS) is 1. The first-order valence-electron chi connectivity index (χ1n) is 8.61. The largest absolute Gasteiger partial charge is 0.478 e. The summed E-state index contributed by atoms with van der Waals surface area (Å²) in [7, 11) is 0. The van der Waals surface area contributed by atoms with Gasteiger partial charge in [0.05, 0.1) is 11.1 Å². The SMILES string of the molecule is CCCCCCC(C)/C(=C(/C(=O)O)c1ccccc1)C([N+](=O)[O-])[N+](=O)[O-]. The Balaban J connectivity index is 3.47. The highest BCUT2D eigenvalue weighted by Gasteiger charge is 2.43. The zero-order chi connectivity index (χ0) is 19.7. The van der Waals surface area contributed by atoms with Gasteiger partial charge in [0.25, 0.3) is 0 Å². The molecule has 1 N–H and O–H groups in total. The van der Waals surface area contributed by atoms with Crippen molar-refractivity contribution in [2.75, 3.05) is 0 Å². The second-order valence-electron chi connectivity index (χ2n) is 6.20. The fraction of sp³-hybridized carbons (Fsp3) is 0.500. The number of rotatable bonds is 11. The predicted molar refractivity (Wildman–Crippen MR) is 96.7 cm³/mol. The van der Waals surface area contributed by atoms with Crippen LogP contribution in [0.5, 0.6) is 0 Å². The van der Waals surface area contributed by atoms with Crippen molar-refractivity contribution in [2.45, 2.75) is 52.1 Å². The highest BCUT2D eigenvalue weighted by atomic mass is 16.7. The molecule has 0 bridgehead atoms. The Bertz CT molecular complexity index is 658. The highest BCUT2D eigenvalue weighted by Crippen LogP contribution is 2.31. The van der Waals surface area contributed by atoms with Gasteiger partial charge in [-0.05, 0) is 17.9 Å². The molecular formula is C18H24N2O6. The molecule has 1 rings (SSSR count). The van der Waals surface area contributed by atoms with E-state index in [2.05, 4.69) is 0 Å². The molecule has 0 aliphatic rings. The van der Waals surface area contributed by atoms with Crippen LogP contribution in [0.4, 0.5) is 0 Å². The summed E-state index contributed by atoms with van der Waals surface area (Å²) >= 11 is 0. The van der Waals surface area contributed by atoms with Gasteiger partial charge in [-0.1, -0.05) is 69.9 Å². The second-order valence-corrected chi connectivity index (χ2v) is 6.20. The van der Waals surface area contributed by atoms with Crippen LogP contribution in [0.3, 0.4) is 0 Å². The summed E-state index contributed by atoms with van der Waals surface area (Å²) in [6.07, 6.45) is 1.79. The molecule has 1 aromatic carbocycles. The monoisotopic (exact) mass is 364 g/mol. The zero-order valence-corrected chi connectivity index (χ0v) is 15.0. The van der Waals surface area contributed by atoms with Crippen LogP contribution >= 0.6 is 0 Å². The first-order chi connectivity index (χ1) is 12.3. The molecule has 1 unspecified atom stereocenters. The van der Waals surface area contributed by atoms with Gasteiger partial charge in [0.1, 0.15) is 9.85 Å². The topological polar surface area (TPSA) is 124 Å². The smallest absolute Gasteiger partial charge is 0.474 e. The molecular weight excluding hydrogens is 340 g/mol. The van der Waals surface area contributed by atoms with E-state index in [1.807, 2.05) is 6.92 Å². The van der Waals surface area contributed by atoms with Gasteiger partial charge in [-0.15, -0.1) is 0 Å². The highest BCUT2D eigenvalue weighted by molar-refractivity contribution is 6.16. The Kier molecular flexibility index (Phi) is 8.41. The molecule has 0 heterocycles. The lowest BCUT2D eigenvalue weighted by Gasteiger charge is -2.18. The minimum Gasteiger partial charge on any atom is -0.478 e. The minimum absolute atomic E-state index is 0.226. The molecule has 0 spiro atoms. The van der Waals surface area contributed by atoms with Crippen molar-refractivity contribution in [3.05, 3.63) is 61.7 Å². The Labute approximate surface area is 151 Å². The Morgan fingerprint density at radius 3 is 2.12 bits per heavy atom. The summed E-state index contributed by atoms with van der Waals surface area (Å²) in [6, 6.07) is 7.84. The van der Waals surface area contributed by atoms with Crippen LogP contribution in [0.1, 0.15) is 51.5 Å². The molecule has 0 saturated carbocycles. The van der Waals surface area contributed by atoms with Gasteiger partial charge in [-0.3, -0.25) is 20.2 Å². The molecule has 1 aromatic rings. The van der Waals surface area contributed by atoms with Crippen LogP contribution < -0.4 is 0 Å². The van der Waals surface area contributed by atoms with Gasteiger partial charge in [0, 0.05) is 0 Å². The molecule has 0 aromatic heterocycles. The molecule has 0 aliphatic heterocycles. The van der Waals surface area contributed by atoms with Gasteiger partial charge in [0.15, 0.2) is 0 Å². The van der Waals surface area contributed by atoms with E-state index < -0.39 is 27.9 Å². The summed E-state index contributed by atoms with van der Waals surface area (Å²) in [5, 5.41) is 32.4. The Morgan fingerprint density at radius 2 is 1.65 bits per heavy atom. The second kappa shape index (κ2) is 10.3. The first-order valence-corrected chi connectivity index (χ1v) is 8.61. The maximum Gasteiger partial charge on any atom is 0.474 e. The number of benzene rings is 1. The number of carbonyl (C=O) groups is 1. The lowest BCUT2D eigenvalue weighted by molar-refractivity contribution is -0.731. The number of hydrogen-bond acceptors (Lipinski definition) is 5. The number of aliphatic carboxylic acids is 1. The lowest BCUT2D eigenvalue weighted by Crippen LogP contribution is -2.35. The number of nitro groups is 2. The Hall–Kier alpha value is -2.77. The van der Waals surface area contributed by atoms with Crippen LogP contribution in [0.2, 0.25) is 0 Å². The summed E-state index contributed by atoms with van der Waals surface area (Å²) in [6.45, 7) is 3.66. The molecule has 0 radical (unpaired) electrons. The first kappa shape index (κ1) is 21.3. The van der Waals surface area contributed by atoms with Crippen LogP contribution in [0, 0.1) is 26.1 Å². The van der Waals surface area contributed by atoms with Gasteiger partial charge < -0.3 is 5.11 Å². The van der Waals surface area contributed by atoms with Crippen molar-refractivity contribution in [3.63, 3.8) is 0 Å². The molecule has 142 valence electrons. The average molecular weight is 364 g/mol. The van der Waals surface area contributed by atoms with E-state index in [4.69, 9.17) is 0 Å². The normalized spacial score (nSPS) is 13.2. The minimum atomic E-state index is -2.28. The number of unbranched alkanes of at least 4 members (excludes halogenated alkanes) is 3. The Morgan fingerprint density at radius 1 is 1.08 bits per heavy atom.